The Labute approximate surface area is 165 Å². The maximum atomic E-state index is 13.3. The van der Waals surface area contributed by atoms with Gasteiger partial charge in [-0.15, -0.1) is 0 Å². The molecule has 6 heteroatoms. The Morgan fingerprint density at radius 2 is 1.93 bits per heavy atom. The van der Waals surface area contributed by atoms with Gasteiger partial charge in [0.2, 0.25) is 11.8 Å². The van der Waals surface area contributed by atoms with Crippen molar-refractivity contribution in [3.63, 3.8) is 0 Å². The van der Waals surface area contributed by atoms with E-state index in [0.717, 1.165) is 25.7 Å². The van der Waals surface area contributed by atoms with Gasteiger partial charge in [0, 0.05) is 24.0 Å². The summed E-state index contributed by atoms with van der Waals surface area (Å²) in [5.74, 6) is -0.566. The smallest absolute Gasteiger partial charge is 0.245 e. The van der Waals surface area contributed by atoms with Crippen LogP contribution in [-0.2, 0) is 16.1 Å². The van der Waals surface area contributed by atoms with Crippen LogP contribution in [0.25, 0.3) is 0 Å². The lowest BCUT2D eigenvalue weighted by Crippen LogP contribution is -2.56. The average Bonchev–Trinajstić information content (AvgIpc) is 2.89. The van der Waals surface area contributed by atoms with E-state index in [9.17, 15) is 14.0 Å². The van der Waals surface area contributed by atoms with Gasteiger partial charge < -0.3 is 10.2 Å². The van der Waals surface area contributed by atoms with Gasteiger partial charge >= 0.3 is 0 Å². The van der Waals surface area contributed by atoms with E-state index in [1.165, 1.54) is 31.4 Å². The number of amides is 2. The van der Waals surface area contributed by atoms with Gasteiger partial charge in [-0.05, 0) is 43.9 Å². The topological polar surface area (TPSA) is 49.4 Å². The van der Waals surface area contributed by atoms with Gasteiger partial charge in [0.05, 0.1) is 0 Å². The molecule has 2 fully saturated rings. The van der Waals surface area contributed by atoms with E-state index in [4.69, 9.17) is 11.6 Å². The molecular weight excluding hydrogens is 367 g/mol. The Bertz CT molecular complexity index is 703. The fourth-order valence-electron chi connectivity index (χ4n) is 4.16. The summed E-state index contributed by atoms with van der Waals surface area (Å²) in [5.41, 5.74) is -0.241. The number of nitrogens with zero attached hydrogens (tertiary/aromatic N) is 1. The molecule has 1 aliphatic heterocycles. The number of hydrogen-bond donors (Lipinski definition) is 1. The van der Waals surface area contributed by atoms with Crippen LogP contribution in [0.2, 0.25) is 5.02 Å². The molecule has 1 aromatic rings. The molecular formula is C21H28ClFN2O2. The van der Waals surface area contributed by atoms with Crippen LogP contribution in [0.5, 0.6) is 0 Å². The maximum absolute atomic E-state index is 13.3. The predicted molar refractivity (Wildman–Crippen MR) is 104 cm³/mol. The summed E-state index contributed by atoms with van der Waals surface area (Å²) in [5, 5.41) is 3.48. The van der Waals surface area contributed by atoms with Gasteiger partial charge in [0.25, 0.3) is 0 Å². The normalized spacial score (nSPS) is 24.6. The quantitative estimate of drug-likeness (QED) is 0.811. The van der Waals surface area contributed by atoms with Crippen LogP contribution in [0.3, 0.4) is 0 Å². The zero-order chi connectivity index (χ0) is 19.4. The lowest BCUT2D eigenvalue weighted by molar-refractivity contribution is -0.141. The fourth-order valence-corrected chi connectivity index (χ4v) is 4.38. The second kappa shape index (κ2) is 8.59. The van der Waals surface area contributed by atoms with Crippen LogP contribution in [0, 0.1) is 5.82 Å². The number of carbonyl (C=O) groups excluding carboxylic acids is 2. The van der Waals surface area contributed by atoms with Crippen molar-refractivity contribution < 1.29 is 14.0 Å². The second-order valence-corrected chi connectivity index (χ2v) is 8.41. The average molecular weight is 395 g/mol. The van der Waals surface area contributed by atoms with Crippen LogP contribution in [-0.4, -0.2) is 28.3 Å². The zero-order valence-corrected chi connectivity index (χ0v) is 16.7. The molecule has 148 valence electrons. The first-order valence-electron chi connectivity index (χ1n) is 9.95. The van der Waals surface area contributed by atoms with Gasteiger partial charge in [-0.2, -0.15) is 0 Å². The van der Waals surface area contributed by atoms with Gasteiger partial charge in [-0.3, -0.25) is 9.59 Å². The van der Waals surface area contributed by atoms with Crippen molar-refractivity contribution in [1.82, 2.24) is 10.2 Å². The molecule has 0 unspecified atom stereocenters. The number of benzene rings is 1. The Kier molecular flexibility index (Phi) is 6.40. The molecule has 1 heterocycles. The van der Waals surface area contributed by atoms with Crippen molar-refractivity contribution in [3.05, 3.63) is 34.6 Å². The van der Waals surface area contributed by atoms with Gasteiger partial charge in [-0.25, -0.2) is 4.39 Å². The number of rotatable bonds is 4. The van der Waals surface area contributed by atoms with Crippen molar-refractivity contribution in [2.75, 3.05) is 0 Å². The van der Waals surface area contributed by atoms with E-state index >= 15 is 0 Å². The minimum absolute atomic E-state index is 0.0642. The molecule has 1 atom stereocenters. The summed E-state index contributed by atoms with van der Waals surface area (Å²) >= 11 is 6.14. The van der Waals surface area contributed by atoms with Crippen molar-refractivity contribution in [2.24, 2.45) is 0 Å². The summed E-state index contributed by atoms with van der Waals surface area (Å²) in [6, 6.07) is 4.33. The Morgan fingerprint density at radius 3 is 2.59 bits per heavy atom. The molecule has 2 amide bonds. The lowest BCUT2D eigenvalue weighted by atomic mass is 9.93. The van der Waals surface area contributed by atoms with Crippen LogP contribution in [0.4, 0.5) is 4.39 Å². The standard InChI is InChI=1S/C21H28ClFN2O2/c1-21(20(27)24-17-7-5-3-2-4-6-8-17)12-11-19(26)25(21)14-15-9-10-16(23)13-18(15)22/h9-10,13,17H,2-8,11-12,14H2,1H3,(H,24,27)/t21-/m1/s1. The monoisotopic (exact) mass is 394 g/mol. The Balaban J connectivity index is 1.73. The molecule has 1 aromatic carbocycles. The summed E-state index contributed by atoms with van der Waals surface area (Å²) in [4.78, 5) is 27.2. The molecule has 3 rings (SSSR count). The zero-order valence-electron chi connectivity index (χ0n) is 15.9. The second-order valence-electron chi connectivity index (χ2n) is 8.00. The van der Waals surface area contributed by atoms with Crippen LogP contribution < -0.4 is 5.32 Å². The van der Waals surface area contributed by atoms with Crippen LogP contribution in [0.1, 0.15) is 70.3 Å². The third-order valence-corrected chi connectivity index (χ3v) is 6.35. The number of carbonyl (C=O) groups is 2. The molecule has 1 N–H and O–H groups in total. The van der Waals surface area contributed by atoms with Crippen molar-refractivity contribution in [3.8, 4) is 0 Å². The third-order valence-electron chi connectivity index (χ3n) is 6.00. The maximum Gasteiger partial charge on any atom is 0.245 e. The number of hydrogen-bond acceptors (Lipinski definition) is 2. The van der Waals surface area contributed by atoms with E-state index in [2.05, 4.69) is 5.32 Å². The van der Waals surface area contributed by atoms with E-state index < -0.39 is 11.4 Å². The highest BCUT2D eigenvalue weighted by Crippen LogP contribution is 2.34. The predicted octanol–water partition coefficient (Wildman–Crippen LogP) is 4.59. The molecule has 27 heavy (non-hydrogen) atoms. The Hall–Kier alpha value is -1.62. The van der Waals surface area contributed by atoms with Gasteiger partial charge in [-0.1, -0.05) is 49.8 Å². The first kappa shape index (κ1) is 20.1. The minimum Gasteiger partial charge on any atom is -0.351 e. The first-order chi connectivity index (χ1) is 12.9. The van der Waals surface area contributed by atoms with Gasteiger partial charge in [0.15, 0.2) is 0 Å². The fraction of sp³-hybridized carbons (Fsp3) is 0.619. The number of likely N-dealkylation sites (tertiary alicyclic amines) is 1. The highest BCUT2D eigenvalue weighted by Gasteiger charge is 2.47. The molecule has 0 aromatic heterocycles. The van der Waals surface area contributed by atoms with Crippen LogP contribution in [0.15, 0.2) is 18.2 Å². The SMILES string of the molecule is C[C@]1(C(=O)NC2CCCCCCC2)CCC(=O)N1Cc1ccc(F)cc1Cl. The van der Waals surface area contributed by atoms with Crippen molar-refractivity contribution in [1.29, 1.82) is 0 Å². The molecule has 1 saturated carbocycles. The first-order valence-corrected chi connectivity index (χ1v) is 10.3. The molecule has 0 bridgehead atoms. The number of nitrogens with one attached hydrogen (secondary N) is 1. The molecule has 1 aliphatic carbocycles. The Morgan fingerprint density at radius 1 is 1.26 bits per heavy atom. The molecule has 0 spiro atoms. The highest BCUT2D eigenvalue weighted by atomic mass is 35.5. The highest BCUT2D eigenvalue weighted by molar-refractivity contribution is 6.31. The molecule has 1 saturated heterocycles. The summed E-state index contributed by atoms with van der Waals surface area (Å²) in [6.45, 7) is 2.04. The largest absolute Gasteiger partial charge is 0.351 e. The third kappa shape index (κ3) is 4.63. The molecule has 2 aliphatic rings. The van der Waals surface area contributed by atoms with Crippen molar-refractivity contribution in [2.45, 2.75) is 82.8 Å². The van der Waals surface area contributed by atoms with Crippen LogP contribution >= 0.6 is 11.6 Å². The number of halogens is 2. The van der Waals surface area contributed by atoms with E-state index in [0.29, 0.717) is 18.4 Å². The van der Waals surface area contributed by atoms with Gasteiger partial charge in [0.1, 0.15) is 11.4 Å². The minimum atomic E-state index is -0.892. The van der Waals surface area contributed by atoms with E-state index in [1.807, 2.05) is 6.92 Å². The van der Waals surface area contributed by atoms with E-state index in [1.54, 1.807) is 11.0 Å². The molecule has 0 radical (unpaired) electrons. The van der Waals surface area contributed by atoms with E-state index in [-0.39, 0.29) is 29.4 Å². The summed E-state index contributed by atoms with van der Waals surface area (Å²) in [6.07, 6.45) is 8.81. The summed E-state index contributed by atoms with van der Waals surface area (Å²) < 4.78 is 13.3. The molecule has 4 nitrogen and oxygen atoms in total. The lowest BCUT2D eigenvalue weighted by Gasteiger charge is -2.36. The van der Waals surface area contributed by atoms with Crippen molar-refractivity contribution >= 4 is 23.4 Å². The summed E-state index contributed by atoms with van der Waals surface area (Å²) in [7, 11) is 0.